The van der Waals surface area contributed by atoms with Gasteiger partial charge in [0.1, 0.15) is 0 Å². The van der Waals surface area contributed by atoms with Crippen molar-refractivity contribution >= 4 is 10.9 Å². The molecule has 0 spiro atoms. The Kier molecular flexibility index (Phi) is 2.65. The molecule has 0 bridgehead atoms. The van der Waals surface area contributed by atoms with Crippen LogP contribution in [0.15, 0.2) is 24.3 Å². The van der Waals surface area contributed by atoms with Crippen LogP contribution in [0.25, 0.3) is 10.9 Å². The molecule has 4 N–H and O–H groups in total. The maximum absolute atomic E-state index is 5.83. The molecule has 0 aliphatic carbocycles. The molecule has 3 rings (SSSR count). The Hall–Kier alpha value is -1.32. The number of nitrogens with one attached hydrogen (secondary N) is 2. The lowest BCUT2D eigenvalue weighted by molar-refractivity contribution is 0.466. The van der Waals surface area contributed by atoms with Gasteiger partial charge in [-0.1, -0.05) is 12.1 Å². The first-order valence-electron chi connectivity index (χ1n) is 6.31. The molecule has 1 saturated heterocycles. The molecule has 0 amide bonds. The number of rotatable bonds is 2. The minimum Gasteiger partial charge on any atom is -0.357 e. The molecule has 17 heavy (non-hydrogen) atoms. The van der Waals surface area contributed by atoms with Crippen molar-refractivity contribution in [3.05, 3.63) is 35.5 Å². The SMILES string of the molecule is Cc1cccc2[nH]c(C3NCCC3CN)cc12. The average Bonchev–Trinajstić information content (AvgIpc) is 2.94. The zero-order valence-corrected chi connectivity index (χ0v) is 10.2. The summed E-state index contributed by atoms with van der Waals surface area (Å²) in [6.07, 6.45) is 1.18. The fraction of sp³-hybridized carbons (Fsp3) is 0.429. The Balaban J connectivity index is 2.03. The molecular formula is C14H19N3. The number of hydrogen-bond acceptors (Lipinski definition) is 2. The first-order valence-corrected chi connectivity index (χ1v) is 6.31. The van der Waals surface area contributed by atoms with Crippen LogP contribution in [0.2, 0.25) is 0 Å². The third-order valence-electron chi connectivity index (χ3n) is 3.89. The average molecular weight is 229 g/mol. The van der Waals surface area contributed by atoms with Crippen LogP contribution < -0.4 is 11.1 Å². The smallest absolute Gasteiger partial charge is 0.0514 e. The summed E-state index contributed by atoms with van der Waals surface area (Å²) in [7, 11) is 0. The highest BCUT2D eigenvalue weighted by molar-refractivity contribution is 5.83. The highest BCUT2D eigenvalue weighted by Gasteiger charge is 2.28. The Morgan fingerprint density at radius 2 is 2.29 bits per heavy atom. The number of benzene rings is 1. The normalized spacial score (nSPS) is 24.6. The van der Waals surface area contributed by atoms with E-state index in [0.717, 1.165) is 13.1 Å². The second-order valence-corrected chi connectivity index (χ2v) is 4.98. The summed E-state index contributed by atoms with van der Waals surface area (Å²) < 4.78 is 0. The second-order valence-electron chi connectivity index (χ2n) is 4.98. The van der Waals surface area contributed by atoms with Crippen molar-refractivity contribution in [3.8, 4) is 0 Å². The third-order valence-corrected chi connectivity index (χ3v) is 3.89. The lowest BCUT2D eigenvalue weighted by atomic mass is 9.98. The summed E-state index contributed by atoms with van der Waals surface area (Å²) in [5.74, 6) is 0.559. The van der Waals surface area contributed by atoms with Crippen LogP contribution in [-0.2, 0) is 0 Å². The third kappa shape index (κ3) is 1.75. The molecule has 1 fully saturated rings. The maximum Gasteiger partial charge on any atom is 0.0514 e. The van der Waals surface area contributed by atoms with E-state index in [-0.39, 0.29) is 0 Å². The van der Waals surface area contributed by atoms with E-state index in [2.05, 4.69) is 41.5 Å². The molecule has 1 aliphatic heterocycles. The molecule has 2 unspecified atom stereocenters. The standard InChI is InChI=1S/C14H19N3/c1-9-3-2-4-12-11(9)7-13(17-12)14-10(8-15)5-6-16-14/h2-4,7,10,14,16-17H,5-6,8,15H2,1H3. The lowest BCUT2D eigenvalue weighted by Gasteiger charge is -2.16. The van der Waals surface area contributed by atoms with Gasteiger partial charge in [0.2, 0.25) is 0 Å². The predicted octanol–water partition coefficient (Wildman–Crippen LogP) is 2.09. The van der Waals surface area contributed by atoms with Gasteiger partial charge in [-0.25, -0.2) is 0 Å². The van der Waals surface area contributed by atoms with Crippen LogP contribution in [0.4, 0.5) is 0 Å². The molecule has 3 nitrogen and oxygen atoms in total. The van der Waals surface area contributed by atoms with E-state index >= 15 is 0 Å². The molecule has 0 saturated carbocycles. The van der Waals surface area contributed by atoms with E-state index in [1.54, 1.807) is 0 Å². The number of H-pyrrole nitrogens is 1. The second kappa shape index (κ2) is 4.17. The lowest BCUT2D eigenvalue weighted by Crippen LogP contribution is -2.23. The summed E-state index contributed by atoms with van der Waals surface area (Å²) in [4.78, 5) is 3.52. The number of fused-ring (bicyclic) bond motifs is 1. The molecule has 2 aromatic rings. The van der Waals surface area contributed by atoms with Crippen LogP contribution in [0.5, 0.6) is 0 Å². The Labute approximate surface area is 101 Å². The zero-order chi connectivity index (χ0) is 11.8. The fourth-order valence-corrected chi connectivity index (χ4v) is 2.87. The molecule has 1 aliphatic rings. The van der Waals surface area contributed by atoms with E-state index in [4.69, 9.17) is 5.73 Å². The number of aromatic nitrogens is 1. The van der Waals surface area contributed by atoms with Gasteiger partial charge in [-0.2, -0.15) is 0 Å². The van der Waals surface area contributed by atoms with Gasteiger partial charge in [-0.15, -0.1) is 0 Å². The van der Waals surface area contributed by atoms with E-state index in [1.165, 1.54) is 28.6 Å². The predicted molar refractivity (Wildman–Crippen MR) is 70.9 cm³/mol. The van der Waals surface area contributed by atoms with Gasteiger partial charge in [-0.05, 0) is 50.0 Å². The summed E-state index contributed by atoms with van der Waals surface area (Å²) in [5.41, 5.74) is 9.66. The zero-order valence-electron chi connectivity index (χ0n) is 10.2. The highest BCUT2D eigenvalue weighted by Crippen LogP contribution is 2.31. The molecule has 2 atom stereocenters. The minimum absolute atomic E-state index is 0.395. The van der Waals surface area contributed by atoms with Gasteiger partial charge in [0.25, 0.3) is 0 Å². The van der Waals surface area contributed by atoms with Crippen molar-refractivity contribution < 1.29 is 0 Å². The number of aryl methyl sites for hydroxylation is 1. The summed E-state index contributed by atoms with van der Waals surface area (Å²) in [5, 5.41) is 4.87. The summed E-state index contributed by atoms with van der Waals surface area (Å²) >= 11 is 0. The van der Waals surface area contributed by atoms with Crippen LogP contribution in [0.3, 0.4) is 0 Å². The van der Waals surface area contributed by atoms with Gasteiger partial charge >= 0.3 is 0 Å². The van der Waals surface area contributed by atoms with Crippen molar-refractivity contribution in [2.75, 3.05) is 13.1 Å². The van der Waals surface area contributed by atoms with Crippen LogP contribution in [-0.4, -0.2) is 18.1 Å². The molecule has 1 aromatic heterocycles. The topological polar surface area (TPSA) is 53.8 Å². The first-order chi connectivity index (χ1) is 8.29. The molecular weight excluding hydrogens is 210 g/mol. The minimum atomic E-state index is 0.395. The van der Waals surface area contributed by atoms with Crippen molar-refractivity contribution in [3.63, 3.8) is 0 Å². The Bertz CT molecular complexity index is 529. The number of hydrogen-bond donors (Lipinski definition) is 3. The van der Waals surface area contributed by atoms with Crippen molar-refractivity contribution in [2.24, 2.45) is 11.7 Å². The van der Waals surface area contributed by atoms with Gasteiger partial charge in [0, 0.05) is 16.6 Å². The summed E-state index contributed by atoms with van der Waals surface area (Å²) in [6.45, 7) is 3.98. The van der Waals surface area contributed by atoms with Crippen LogP contribution in [0.1, 0.15) is 23.7 Å². The van der Waals surface area contributed by atoms with E-state index in [9.17, 15) is 0 Å². The van der Waals surface area contributed by atoms with Gasteiger partial charge in [0.15, 0.2) is 0 Å². The molecule has 3 heteroatoms. The van der Waals surface area contributed by atoms with Gasteiger partial charge in [0.05, 0.1) is 6.04 Å². The van der Waals surface area contributed by atoms with Crippen molar-refractivity contribution in [1.29, 1.82) is 0 Å². The molecule has 2 heterocycles. The van der Waals surface area contributed by atoms with E-state index in [0.29, 0.717) is 12.0 Å². The number of nitrogens with two attached hydrogens (primary N) is 1. The summed E-state index contributed by atoms with van der Waals surface area (Å²) in [6, 6.07) is 9.06. The Morgan fingerprint density at radius 1 is 1.41 bits per heavy atom. The maximum atomic E-state index is 5.83. The van der Waals surface area contributed by atoms with Crippen LogP contribution >= 0.6 is 0 Å². The molecule has 90 valence electrons. The first kappa shape index (κ1) is 10.8. The fourth-order valence-electron chi connectivity index (χ4n) is 2.87. The quantitative estimate of drug-likeness (QED) is 0.738. The van der Waals surface area contributed by atoms with Crippen molar-refractivity contribution in [1.82, 2.24) is 10.3 Å². The largest absolute Gasteiger partial charge is 0.357 e. The number of aromatic amines is 1. The van der Waals surface area contributed by atoms with Gasteiger partial charge < -0.3 is 16.0 Å². The van der Waals surface area contributed by atoms with Gasteiger partial charge in [-0.3, -0.25) is 0 Å². The van der Waals surface area contributed by atoms with E-state index in [1.807, 2.05) is 0 Å². The van der Waals surface area contributed by atoms with Crippen LogP contribution in [0, 0.1) is 12.8 Å². The van der Waals surface area contributed by atoms with Crippen molar-refractivity contribution in [2.45, 2.75) is 19.4 Å². The molecule has 1 aromatic carbocycles. The van der Waals surface area contributed by atoms with E-state index < -0.39 is 0 Å². The highest BCUT2D eigenvalue weighted by atomic mass is 15.0. The molecule has 0 radical (unpaired) electrons. The Morgan fingerprint density at radius 3 is 3.06 bits per heavy atom. The monoisotopic (exact) mass is 229 g/mol.